The van der Waals surface area contributed by atoms with Crippen LogP contribution in [0.3, 0.4) is 0 Å². The van der Waals surface area contributed by atoms with E-state index >= 15 is 0 Å². The quantitative estimate of drug-likeness (QED) is 0.369. The minimum atomic E-state index is 0.0215. The van der Waals surface area contributed by atoms with Crippen molar-refractivity contribution < 1.29 is 9.32 Å². The fourth-order valence-electron chi connectivity index (χ4n) is 2.98. The van der Waals surface area contributed by atoms with Gasteiger partial charge in [0, 0.05) is 23.7 Å². The Kier molecular flexibility index (Phi) is 6.22. The molecule has 1 aromatic heterocycles. The van der Waals surface area contributed by atoms with E-state index in [-0.39, 0.29) is 11.7 Å². The van der Waals surface area contributed by atoms with E-state index in [1.165, 1.54) is 0 Å². The second-order valence-corrected chi connectivity index (χ2v) is 6.59. The van der Waals surface area contributed by atoms with Crippen LogP contribution in [0.4, 0.5) is 5.88 Å². The van der Waals surface area contributed by atoms with E-state index < -0.39 is 0 Å². The third kappa shape index (κ3) is 4.85. The summed E-state index contributed by atoms with van der Waals surface area (Å²) in [4.78, 5) is 16.7. The van der Waals surface area contributed by atoms with Crippen LogP contribution in [-0.4, -0.2) is 23.4 Å². The molecule has 3 N–H and O–H groups in total. The molecular formula is C22H24N4O2. The Morgan fingerprint density at radius 1 is 1.14 bits per heavy atom. The van der Waals surface area contributed by atoms with Gasteiger partial charge in [0.25, 0.3) is 0 Å². The number of aliphatic imine (C=N–C) groups is 1. The summed E-state index contributed by atoms with van der Waals surface area (Å²) in [7, 11) is 0. The molecule has 0 saturated heterocycles. The van der Waals surface area contributed by atoms with Crippen LogP contribution >= 0.6 is 0 Å². The molecule has 0 bridgehead atoms. The monoisotopic (exact) mass is 376 g/mol. The lowest BCUT2D eigenvalue weighted by Crippen LogP contribution is -2.22. The molecule has 144 valence electrons. The molecule has 0 amide bonds. The normalized spacial score (nSPS) is 12.6. The van der Waals surface area contributed by atoms with Gasteiger partial charge in [0.15, 0.2) is 11.7 Å². The van der Waals surface area contributed by atoms with Crippen molar-refractivity contribution in [1.82, 2.24) is 5.16 Å². The molecule has 0 fully saturated rings. The molecule has 6 nitrogen and oxygen atoms in total. The van der Waals surface area contributed by atoms with Gasteiger partial charge in [-0.25, -0.2) is 0 Å². The molecule has 0 aliphatic heterocycles. The summed E-state index contributed by atoms with van der Waals surface area (Å²) in [6.07, 6.45) is 0.680. The molecule has 28 heavy (non-hydrogen) atoms. The van der Waals surface area contributed by atoms with E-state index in [0.29, 0.717) is 35.9 Å². The average Bonchev–Trinajstić information content (AvgIpc) is 3.15. The molecule has 2 aromatic carbocycles. The number of rotatable bonds is 7. The Morgan fingerprint density at radius 3 is 2.64 bits per heavy atom. The first-order valence-corrected chi connectivity index (χ1v) is 9.29. The molecule has 1 unspecified atom stereocenters. The summed E-state index contributed by atoms with van der Waals surface area (Å²) < 4.78 is 5.26. The number of benzene rings is 2. The Balaban J connectivity index is 1.70. The number of anilines is 1. The molecule has 6 heteroatoms. The van der Waals surface area contributed by atoms with Gasteiger partial charge in [-0.15, -0.1) is 0 Å². The van der Waals surface area contributed by atoms with Crippen molar-refractivity contribution in [3.8, 4) is 0 Å². The fraction of sp³-hybridized carbons (Fsp3) is 0.227. The number of guanidine groups is 1. The zero-order valence-electron chi connectivity index (χ0n) is 16.1. The number of hydrogen-bond acceptors (Lipinski definition) is 4. The van der Waals surface area contributed by atoms with Crippen molar-refractivity contribution in [3.63, 3.8) is 0 Å². The first-order valence-electron chi connectivity index (χ1n) is 9.29. The van der Waals surface area contributed by atoms with Gasteiger partial charge in [-0.1, -0.05) is 60.6 Å². The van der Waals surface area contributed by atoms with Crippen molar-refractivity contribution in [1.29, 1.82) is 0 Å². The molecule has 1 heterocycles. The van der Waals surface area contributed by atoms with Crippen molar-refractivity contribution >= 4 is 17.6 Å². The number of carbonyl (C=O) groups is 1. The Labute approximate surface area is 164 Å². The molecule has 0 spiro atoms. The van der Waals surface area contributed by atoms with Crippen LogP contribution in [0.2, 0.25) is 0 Å². The standard InChI is InChI=1S/C22H24N4O2/c1-3-24-22(23)25-20-14-19(26-28-20)12-15(2)17-10-7-11-18(13-17)21(27)16-8-5-4-6-9-16/h4-11,13-15H,3,12H2,1-2H3,(H3,23,24,25). The van der Waals surface area contributed by atoms with Crippen LogP contribution in [0.25, 0.3) is 0 Å². The van der Waals surface area contributed by atoms with Gasteiger partial charge < -0.3 is 10.3 Å². The topological polar surface area (TPSA) is 93.5 Å². The number of aromatic nitrogens is 1. The van der Waals surface area contributed by atoms with Gasteiger partial charge >= 0.3 is 0 Å². The van der Waals surface area contributed by atoms with E-state index in [2.05, 4.69) is 22.4 Å². The van der Waals surface area contributed by atoms with Crippen molar-refractivity contribution in [2.45, 2.75) is 26.2 Å². The van der Waals surface area contributed by atoms with Gasteiger partial charge in [0.05, 0.1) is 5.69 Å². The van der Waals surface area contributed by atoms with Gasteiger partial charge in [0.1, 0.15) is 0 Å². The molecule has 3 rings (SSSR count). The highest BCUT2D eigenvalue weighted by Crippen LogP contribution is 2.23. The maximum Gasteiger partial charge on any atom is 0.231 e. The predicted octanol–water partition coefficient (Wildman–Crippen LogP) is 4.00. The lowest BCUT2D eigenvalue weighted by Gasteiger charge is -2.11. The van der Waals surface area contributed by atoms with E-state index in [4.69, 9.17) is 10.3 Å². The Hall–Kier alpha value is -3.41. The van der Waals surface area contributed by atoms with Gasteiger partial charge in [-0.2, -0.15) is 0 Å². The van der Waals surface area contributed by atoms with Crippen LogP contribution in [0.1, 0.15) is 46.9 Å². The zero-order chi connectivity index (χ0) is 19.9. The number of nitrogens with zero attached hydrogens (tertiary/aromatic N) is 2. The fourth-order valence-corrected chi connectivity index (χ4v) is 2.98. The van der Waals surface area contributed by atoms with Gasteiger partial charge in [-0.3, -0.25) is 15.1 Å². The van der Waals surface area contributed by atoms with Gasteiger partial charge in [-0.05, 0) is 30.9 Å². The van der Waals surface area contributed by atoms with E-state index in [0.717, 1.165) is 11.3 Å². The highest BCUT2D eigenvalue weighted by Gasteiger charge is 2.14. The molecule has 3 aromatic rings. The van der Waals surface area contributed by atoms with Crippen LogP contribution < -0.4 is 11.1 Å². The number of carbonyl (C=O) groups excluding carboxylic acids is 1. The minimum Gasteiger partial charge on any atom is -0.370 e. The van der Waals surface area contributed by atoms with Gasteiger partial charge in [0.2, 0.25) is 5.88 Å². The summed E-state index contributed by atoms with van der Waals surface area (Å²) in [6.45, 7) is 4.59. The molecular weight excluding hydrogens is 352 g/mol. The molecule has 0 aliphatic rings. The maximum atomic E-state index is 12.7. The third-order valence-corrected chi connectivity index (χ3v) is 4.41. The second kappa shape index (κ2) is 8.99. The SMILES string of the molecule is CCN=C(N)Nc1cc(CC(C)c2cccc(C(=O)c3ccccc3)c2)no1. The molecule has 0 aliphatic carbocycles. The first-order chi connectivity index (χ1) is 13.6. The van der Waals surface area contributed by atoms with Crippen molar-refractivity contribution in [2.75, 3.05) is 11.9 Å². The number of nitrogens with two attached hydrogens (primary N) is 1. The smallest absolute Gasteiger partial charge is 0.231 e. The second-order valence-electron chi connectivity index (χ2n) is 6.59. The van der Waals surface area contributed by atoms with Crippen LogP contribution in [0.5, 0.6) is 0 Å². The largest absolute Gasteiger partial charge is 0.370 e. The molecule has 0 saturated carbocycles. The zero-order valence-corrected chi connectivity index (χ0v) is 16.1. The summed E-state index contributed by atoms with van der Waals surface area (Å²) in [6, 6.07) is 18.8. The lowest BCUT2D eigenvalue weighted by molar-refractivity contribution is 0.103. The van der Waals surface area contributed by atoms with Crippen molar-refractivity contribution in [2.24, 2.45) is 10.7 Å². The first kappa shape index (κ1) is 19.4. The van der Waals surface area contributed by atoms with E-state index in [9.17, 15) is 4.79 Å². The van der Waals surface area contributed by atoms with Crippen LogP contribution in [-0.2, 0) is 6.42 Å². The van der Waals surface area contributed by atoms with E-state index in [1.807, 2.05) is 67.6 Å². The average molecular weight is 376 g/mol. The van der Waals surface area contributed by atoms with Crippen LogP contribution in [0.15, 0.2) is 70.2 Å². The summed E-state index contributed by atoms with van der Waals surface area (Å²) in [5, 5.41) is 6.96. The highest BCUT2D eigenvalue weighted by molar-refractivity contribution is 6.09. The van der Waals surface area contributed by atoms with E-state index in [1.54, 1.807) is 0 Å². The van der Waals surface area contributed by atoms with Crippen molar-refractivity contribution in [3.05, 3.63) is 83.0 Å². The Bertz CT molecular complexity index is 963. The number of nitrogens with one attached hydrogen (secondary N) is 1. The lowest BCUT2D eigenvalue weighted by atomic mass is 9.93. The number of ketones is 1. The minimum absolute atomic E-state index is 0.0215. The number of hydrogen-bond donors (Lipinski definition) is 2. The highest BCUT2D eigenvalue weighted by atomic mass is 16.5. The molecule has 0 radical (unpaired) electrons. The Morgan fingerprint density at radius 2 is 1.89 bits per heavy atom. The maximum absolute atomic E-state index is 12.7. The molecule has 1 atom stereocenters. The summed E-state index contributed by atoms with van der Waals surface area (Å²) in [5.74, 6) is 0.951. The third-order valence-electron chi connectivity index (χ3n) is 4.41. The van der Waals surface area contributed by atoms with Crippen LogP contribution in [0, 0.1) is 0 Å². The summed E-state index contributed by atoms with van der Waals surface area (Å²) >= 11 is 0. The predicted molar refractivity (Wildman–Crippen MR) is 111 cm³/mol. The summed E-state index contributed by atoms with van der Waals surface area (Å²) in [5.41, 5.74) is 8.98.